The molecule has 0 aromatic carbocycles. The number of methoxy groups -OCH3 is 1. The van der Waals surface area contributed by atoms with Gasteiger partial charge in [0, 0.05) is 24.0 Å². The molecule has 2 aromatic rings. The predicted molar refractivity (Wildman–Crippen MR) is 61.6 cm³/mol. The minimum Gasteiger partial charge on any atom is -0.465 e. The van der Waals surface area contributed by atoms with Crippen molar-refractivity contribution in [2.45, 2.75) is 0 Å². The molecule has 17 heavy (non-hydrogen) atoms. The van der Waals surface area contributed by atoms with Crippen molar-refractivity contribution >= 4 is 17.6 Å². The van der Waals surface area contributed by atoms with E-state index in [0.29, 0.717) is 22.0 Å². The van der Waals surface area contributed by atoms with Crippen LogP contribution >= 0.6 is 11.6 Å². The summed E-state index contributed by atoms with van der Waals surface area (Å²) >= 11 is 5.76. The van der Waals surface area contributed by atoms with E-state index >= 15 is 0 Å². The lowest BCUT2D eigenvalue weighted by Gasteiger charge is -2.02. The average Bonchev–Trinajstić information content (AvgIpc) is 2.38. The molecule has 0 unspecified atom stereocenters. The largest absolute Gasteiger partial charge is 0.465 e. The molecule has 2 heterocycles. The number of rotatable bonds is 2. The first-order valence-electron chi connectivity index (χ1n) is 4.72. The van der Waals surface area contributed by atoms with Gasteiger partial charge in [0.2, 0.25) is 0 Å². The molecular weight excluding hydrogens is 242 g/mol. The van der Waals surface area contributed by atoms with Crippen molar-refractivity contribution in [2.75, 3.05) is 7.11 Å². The Labute approximate surface area is 102 Å². The molecule has 0 N–H and O–H groups in total. The summed E-state index contributed by atoms with van der Waals surface area (Å²) in [6.45, 7) is 0. The fourth-order valence-electron chi connectivity index (χ4n) is 1.30. The lowest BCUT2D eigenvalue weighted by molar-refractivity contribution is 0.0600. The van der Waals surface area contributed by atoms with Crippen LogP contribution in [0.5, 0.6) is 0 Å². The van der Waals surface area contributed by atoms with Gasteiger partial charge in [0.15, 0.2) is 0 Å². The van der Waals surface area contributed by atoms with Crippen LogP contribution in [0, 0.1) is 0 Å². The number of esters is 1. The lowest BCUT2D eigenvalue weighted by Crippen LogP contribution is -2.02. The maximum absolute atomic E-state index is 11.3. The molecular formula is C11H8ClN3O2. The second kappa shape index (κ2) is 4.88. The van der Waals surface area contributed by atoms with Crippen LogP contribution in [0.1, 0.15) is 10.4 Å². The number of pyridine rings is 1. The number of nitrogens with zero attached hydrogens (tertiary/aromatic N) is 3. The van der Waals surface area contributed by atoms with E-state index in [1.165, 1.54) is 19.6 Å². The van der Waals surface area contributed by atoms with Gasteiger partial charge in [-0.25, -0.2) is 14.8 Å². The van der Waals surface area contributed by atoms with Crippen molar-refractivity contribution in [3.05, 3.63) is 41.6 Å². The van der Waals surface area contributed by atoms with Crippen molar-refractivity contribution in [3.63, 3.8) is 0 Å². The SMILES string of the molecule is COC(=O)c1cncc(-c2cc(Cl)ncn2)c1. The normalized spacial score (nSPS) is 10.0. The zero-order valence-electron chi connectivity index (χ0n) is 8.92. The molecule has 0 spiro atoms. The summed E-state index contributed by atoms with van der Waals surface area (Å²) in [5, 5.41) is 0.332. The molecule has 0 saturated heterocycles. The topological polar surface area (TPSA) is 65.0 Å². The Hall–Kier alpha value is -2.01. The van der Waals surface area contributed by atoms with Gasteiger partial charge < -0.3 is 4.74 Å². The zero-order chi connectivity index (χ0) is 12.3. The standard InChI is InChI=1S/C11H8ClN3O2/c1-17-11(16)8-2-7(4-13-5-8)9-3-10(12)15-6-14-9/h2-6H,1H3. The summed E-state index contributed by atoms with van der Waals surface area (Å²) in [4.78, 5) is 23.1. The van der Waals surface area contributed by atoms with E-state index in [-0.39, 0.29) is 0 Å². The van der Waals surface area contributed by atoms with Gasteiger partial charge in [-0.2, -0.15) is 0 Å². The number of carbonyl (C=O) groups is 1. The van der Waals surface area contributed by atoms with Gasteiger partial charge in [0.05, 0.1) is 18.4 Å². The van der Waals surface area contributed by atoms with Gasteiger partial charge in [-0.15, -0.1) is 0 Å². The Bertz CT molecular complexity index is 560. The predicted octanol–water partition coefficient (Wildman–Crippen LogP) is 1.98. The summed E-state index contributed by atoms with van der Waals surface area (Å²) in [5.74, 6) is -0.445. The van der Waals surface area contributed by atoms with Crippen LogP contribution in [-0.2, 0) is 4.74 Å². The molecule has 0 saturated carbocycles. The average molecular weight is 250 g/mol. The van der Waals surface area contributed by atoms with Crippen molar-refractivity contribution in [1.82, 2.24) is 15.0 Å². The van der Waals surface area contributed by atoms with Gasteiger partial charge in [0.25, 0.3) is 0 Å². The highest BCUT2D eigenvalue weighted by molar-refractivity contribution is 6.29. The molecule has 0 aliphatic carbocycles. The Kier molecular flexibility index (Phi) is 3.30. The fraction of sp³-hybridized carbons (Fsp3) is 0.0909. The lowest BCUT2D eigenvalue weighted by atomic mass is 10.1. The number of carbonyl (C=O) groups excluding carboxylic acids is 1. The van der Waals surface area contributed by atoms with Crippen LogP contribution in [-0.4, -0.2) is 28.0 Å². The maximum Gasteiger partial charge on any atom is 0.339 e. The molecule has 0 amide bonds. The highest BCUT2D eigenvalue weighted by Gasteiger charge is 2.08. The summed E-state index contributed by atoms with van der Waals surface area (Å²) in [7, 11) is 1.32. The molecule has 0 aliphatic rings. The minimum atomic E-state index is -0.445. The van der Waals surface area contributed by atoms with Crippen molar-refractivity contribution in [1.29, 1.82) is 0 Å². The van der Waals surface area contributed by atoms with Crippen molar-refractivity contribution in [3.8, 4) is 11.3 Å². The van der Waals surface area contributed by atoms with Crippen LogP contribution in [0.2, 0.25) is 5.15 Å². The van der Waals surface area contributed by atoms with E-state index in [9.17, 15) is 4.79 Å². The zero-order valence-corrected chi connectivity index (χ0v) is 9.68. The van der Waals surface area contributed by atoms with Gasteiger partial charge in [-0.1, -0.05) is 11.6 Å². The molecule has 6 heteroatoms. The van der Waals surface area contributed by atoms with Gasteiger partial charge >= 0.3 is 5.97 Å². The molecule has 0 aliphatic heterocycles. The van der Waals surface area contributed by atoms with Gasteiger partial charge in [-0.3, -0.25) is 4.98 Å². The van der Waals surface area contributed by atoms with Crippen molar-refractivity contribution in [2.24, 2.45) is 0 Å². The van der Waals surface area contributed by atoms with Crippen LogP contribution in [0.25, 0.3) is 11.3 Å². The number of aromatic nitrogens is 3. The molecule has 86 valence electrons. The minimum absolute atomic E-state index is 0.332. The van der Waals surface area contributed by atoms with Crippen LogP contribution in [0.4, 0.5) is 0 Å². The second-order valence-corrected chi connectivity index (χ2v) is 3.57. The highest BCUT2D eigenvalue weighted by atomic mass is 35.5. The van der Waals surface area contributed by atoms with Crippen LogP contribution in [0.3, 0.4) is 0 Å². The molecule has 2 rings (SSSR count). The smallest absolute Gasteiger partial charge is 0.339 e. The number of hydrogen-bond acceptors (Lipinski definition) is 5. The molecule has 0 radical (unpaired) electrons. The first-order valence-corrected chi connectivity index (χ1v) is 5.10. The van der Waals surface area contributed by atoms with Gasteiger partial charge in [-0.05, 0) is 6.07 Å². The van der Waals surface area contributed by atoms with E-state index in [0.717, 1.165) is 0 Å². The molecule has 0 bridgehead atoms. The Balaban J connectivity index is 2.43. The van der Waals surface area contributed by atoms with Crippen molar-refractivity contribution < 1.29 is 9.53 Å². The molecule has 2 aromatic heterocycles. The van der Waals surface area contributed by atoms with E-state index in [2.05, 4.69) is 19.7 Å². The second-order valence-electron chi connectivity index (χ2n) is 3.18. The monoisotopic (exact) mass is 249 g/mol. The van der Waals surface area contributed by atoms with E-state index < -0.39 is 5.97 Å². The van der Waals surface area contributed by atoms with Crippen LogP contribution < -0.4 is 0 Å². The number of hydrogen-bond donors (Lipinski definition) is 0. The molecule has 0 fully saturated rings. The summed E-state index contributed by atoms with van der Waals surface area (Å²) in [6, 6.07) is 3.23. The van der Waals surface area contributed by atoms with E-state index in [1.807, 2.05) is 0 Å². The third kappa shape index (κ3) is 2.57. The third-order valence-corrected chi connectivity index (χ3v) is 2.30. The Morgan fingerprint density at radius 3 is 2.82 bits per heavy atom. The van der Waals surface area contributed by atoms with Gasteiger partial charge in [0.1, 0.15) is 11.5 Å². The summed E-state index contributed by atoms with van der Waals surface area (Å²) < 4.78 is 4.61. The van der Waals surface area contributed by atoms with E-state index in [1.54, 1.807) is 18.3 Å². The molecule has 0 atom stereocenters. The first-order chi connectivity index (χ1) is 8.20. The Morgan fingerprint density at radius 2 is 2.12 bits per heavy atom. The summed E-state index contributed by atoms with van der Waals surface area (Å²) in [5.41, 5.74) is 1.64. The maximum atomic E-state index is 11.3. The third-order valence-electron chi connectivity index (χ3n) is 2.09. The Morgan fingerprint density at radius 1 is 1.29 bits per heavy atom. The fourth-order valence-corrected chi connectivity index (χ4v) is 1.45. The number of ether oxygens (including phenoxy) is 1. The first kappa shape index (κ1) is 11.5. The quantitative estimate of drug-likeness (QED) is 0.601. The highest BCUT2D eigenvalue weighted by Crippen LogP contribution is 2.19. The van der Waals surface area contributed by atoms with Crippen LogP contribution in [0.15, 0.2) is 30.9 Å². The number of halogens is 1. The molecule has 5 nitrogen and oxygen atoms in total. The van der Waals surface area contributed by atoms with E-state index in [4.69, 9.17) is 11.6 Å². The summed E-state index contributed by atoms with van der Waals surface area (Å²) in [6.07, 6.45) is 4.37.